The topological polar surface area (TPSA) is 34.0 Å². The largest absolute Gasteiger partial charge is 0.315 e. The normalized spacial score (nSPS) is 20.7. The number of hydrogen-bond acceptors (Lipinski definition) is 2. The lowest BCUT2D eigenvalue weighted by molar-refractivity contribution is 0.600. The van der Waals surface area contributed by atoms with Gasteiger partial charge < -0.3 is 9.88 Å². The van der Waals surface area contributed by atoms with Crippen LogP contribution >= 0.6 is 0 Å². The van der Waals surface area contributed by atoms with Crippen molar-refractivity contribution in [2.45, 2.75) is 38.8 Å². The number of nitrogens with zero attached hydrogens (tertiary/aromatic N) is 1. The summed E-state index contributed by atoms with van der Waals surface area (Å²) in [5, 5.41) is 3.37. The fourth-order valence-corrected chi connectivity index (χ4v) is 2.19. The first kappa shape index (κ1) is 10.4. The van der Waals surface area contributed by atoms with Gasteiger partial charge in [0.25, 0.3) is 5.56 Å². The van der Waals surface area contributed by atoms with Crippen LogP contribution in [0.1, 0.15) is 37.8 Å². The first-order chi connectivity index (χ1) is 7.33. The quantitative estimate of drug-likeness (QED) is 0.816. The smallest absolute Gasteiger partial charge is 0.255 e. The van der Waals surface area contributed by atoms with Crippen molar-refractivity contribution < 1.29 is 0 Å². The number of aromatic nitrogens is 1. The van der Waals surface area contributed by atoms with Gasteiger partial charge in [0.1, 0.15) is 0 Å². The molecule has 0 saturated carbocycles. The maximum atomic E-state index is 12.1. The number of aryl methyl sites for hydroxylation is 1. The van der Waals surface area contributed by atoms with E-state index < -0.39 is 0 Å². The fourth-order valence-electron chi connectivity index (χ4n) is 2.19. The third kappa shape index (κ3) is 2.12. The first-order valence-corrected chi connectivity index (χ1v) is 5.75. The minimum Gasteiger partial charge on any atom is -0.315 e. The monoisotopic (exact) mass is 206 g/mol. The van der Waals surface area contributed by atoms with E-state index >= 15 is 0 Å². The Morgan fingerprint density at radius 2 is 2.47 bits per heavy atom. The van der Waals surface area contributed by atoms with Crippen LogP contribution in [0.3, 0.4) is 0 Å². The van der Waals surface area contributed by atoms with Crippen LogP contribution in [0, 0.1) is 0 Å². The molecule has 0 unspecified atom stereocenters. The lowest BCUT2D eigenvalue weighted by atomic mass is 10.1. The predicted molar refractivity (Wildman–Crippen MR) is 61.0 cm³/mol. The van der Waals surface area contributed by atoms with Crippen molar-refractivity contribution in [1.29, 1.82) is 0 Å². The second kappa shape index (κ2) is 4.62. The highest BCUT2D eigenvalue weighted by molar-refractivity contribution is 5.16. The van der Waals surface area contributed by atoms with Crippen molar-refractivity contribution >= 4 is 0 Å². The average Bonchev–Trinajstić information content (AvgIpc) is 2.74. The third-order valence-electron chi connectivity index (χ3n) is 2.95. The summed E-state index contributed by atoms with van der Waals surface area (Å²) in [5.41, 5.74) is 1.11. The standard InChI is InChI=1S/C12H18N2O/c1-2-8-14-9-4-5-10(12(14)15)11-6-3-7-13-11/h4-5,9,11,13H,2-3,6-8H2,1H3/t11-/m0/s1. The van der Waals surface area contributed by atoms with Gasteiger partial charge in [-0.25, -0.2) is 0 Å². The van der Waals surface area contributed by atoms with Gasteiger partial charge in [0.05, 0.1) is 0 Å². The molecule has 2 rings (SSSR count). The molecule has 0 amide bonds. The highest BCUT2D eigenvalue weighted by Crippen LogP contribution is 2.19. The Morgan fingerprint density at radius 3 is 3.13 bits per heavy atom. The molecule has 1 aliphatic heterocycles. The van der Waals surface area contributed by atoms with Gasteiger partial charge in [0, 0.05) is 24.3 Å². The number of hydrogen-bond donors (Lipinski definition) is 1. The van der Waals surface area contributed by atoms with E-state index in [0.717, 1.165) is 31.5 Å². The van der Waals surface area contributed by atoms with Gasteiger partial charge in [-0.05, 0) is 31.9 Å². The molecule has 1 fully saturated rings. The van der Waals surface area contributed by atoms with Crippen LogP contribution in [0.4, 0.5) is 0 Å². The molecule has 0 spiro atoms. The minimum atomic E-state index is 0.179. The van der Waals surface area contributed by atoms with Gasteiger partial charge in [0.15, 0.2) is 0 Å². The molecule has 3 heteroatoms. The summed E-state index contributed by atoms with van der Waals surface area (Å²) >= 11 is 0. The number of rotatable bonds is 3. The van der Waals surface area contributed by atoms with Crippen molar-refractivity contribution in [3.8, 4) is 0 Å². The van der Waals surface area contributed by atoms with Crippen molar-refractivity contribution in [3.63, 3.8) is 0 Å². The summed E-state index contributed by atoms with van der Waals surface area (Å²) in [6.45, 7) is 3.94. The molecule has 0 aromatic carbocycles. The fraction of sp³-hybridized carbons (Fsp3) is 0.583. The molecular formula is C12H18N2O. The summed E-state index contributed by atoms with van der Waals surface area (Å²) in [7, 11) is 0. The second-order valence-corrected chi connectivity index (χ2v) is 4.11. The molecule has 2 heterocycles. The maximum Gasteiger partial charge on any atom is 0.255 e. The summed E-state index contributed by atoms with van der Waals surface area (Å²) in [6, 6.07) is 4.21. The van der Waals surface area contributed by atoms with E-state index in [0.29, 0.717) is 0 Å². The molecular weight excluding hydrogens is 188 g/mol. The minimum absolute atomic E-state index is 0.179. The first-order valence-electron chi connectivity index (χ1n) is 5.75. The lowest BCUT2D eigenvalue weighted by Crippen LogP contribution is -2.27. The molecule has 1 aromatic rings. The Morgan fingerprint density at radius 1 is 1.60 bits per heavy atom. The zero-order chi connectivity index (χ0) is 10.7. The number of nitrogens with one attached hydrogen (secondary N) is 1. The average molecular weight is 206 g/mol. The molecule has 15 heavy (non-hydrogen) atoms. The van der Waals surface area contributed by atoms with Crippen LogP contribution in [-0.4, -0.2) is 11.1 Å². The van der Waals surface area contributed by atoms with Crippen LogP contribution in [-0.2, 0) is 6.54 Å². The molecule has 1 atom stereocenters. The molecule has 1 aromatic heterocycles. The van der Waals surface area contributed by atoms with Gasteiger partial charge >= 0.3 is 0 Å². The predicted octanol–water partition coefficient (Wildman–Crippen LogP) is 1.68. The zero-order valence-electron chi connectivity index (χ0n) is 9.20. The lowest BCUT2D eigenvalue weighted by Gasteiger charge is -2.12. The SMILES string of the molecule is CCCn1cccc([C@@H]2CCCN2)c1=O. The zero-order valence-corrected chi connectivity index (χ0v) is 9.20. The third-order valence-corrected chi connectivity index (χ3v) is 2.95. The summed E-state index contributed by atoms with van der Waals surface area (Å²) in [4.78, 5) is 12.1. The van der Waals surface area contributed by atoms with Crippen LogP contribution in [0.15, 0.2) is 23.1 Å². The Bertz CT molecular complexity index is 377. The Labute approximate surface area is 90.1 Å². The van der Waals surface area contributed by atoms with Crippen molar-refractivity contribution in [1.82, 2.24) is 9.88 Å². The Balaban J connectivity index is 2.30. The molecule has 0 aliphatic carbocycles. The van der Waals surface area contributed by atoms with Gasteiger partial charge in [-0.1, -0.05) is 13.0 Å². The van der Waals surface area contributed by atoms with Crippen LogP contribution in [0.2, 0.25) is 0 Å². The van der Waals surface area contributed by atoms with Gasteiger partial charge in [-0.2, -0.15) is 0 Å². The molecule has 1 saturated heterocycles. The Kier molecular flexibility index (Phi) is 3.21. The van der Waals surface area contributed by atoms with E-state index in [1.807, 2.05) is 22.9 Å². The maximum absolute atomic E-state index is 12.1. The summed E-state index contributed by atoms with van der Waals surface area (Å²) in [6.07, 6.45) is 5.14. The molecule has 1 aliphatic rings. The highest BCUT2D eigenvalue weighted by atomic mass is 16.1. The van der Waals surface area contributed by atoms with Crippen LogP contribution in [0.25, 0.3) is 0 Å². The summed E-state index contributed by atoms with van der Waals surface area (Å²) < 4.78 is 1.81. The van der Waals surface area contributed by atoms with E-state index in [4.69, 9.17) is 0 Å². The van der Waals surface area contributed by atoms with Crippen LogP contribution in [0.5, 0.6) is 0 Å². The van der Waals surface area contributed by atoms with Crippen molar-refractivity contribution in [3.05, 3.63) is 34.2 Å². The molecule has 0 radical (unpaired) electrons. The van der Waals surface area contributed by atoms with Crippen molar-refractivity contribution in [2.75, 3.05) is 6.54 Å². The molecule has 1 N–H and O–H groups in total. The Hall–Kier alpha value is -1.09. The van der Waals surface area contributed by atoms with E-state index in [2.05, 4.69) is 12.2 Å². The van der Waals surface area contributed by atoms with E-state index in [1.54, 1.807) is 0 Å². The van der Waals surface area contributed by atoms with Gasteiger partial charge in [-0.15, -0.1) is 0 Å². The van der Waals surface area contributed by atoms with E-state index in [1.165, 1.54) is 6.42 Å². The van der Waals surface area contributed by atoms with Crippen molar-refractivity contribution in [2.24, 2.45) is 0 Å². The van der Waals surface area contributed by atoms with Gasteiger partial charge in [0.2, 0.25) is 0 Å². The summed E-state index contributed by atoms with van der Waals surface area (Å²) in [5.74, 6) is 0. The van der Waals surface area contributed by atoms with Crippen LogP contribution < -0.4 is 10.9 Å². The number of pyridine rings is 1. The highest BCUT2D eigenvalue weighted by Gasteiger charge is 2.19. The van der Waals surface area contributed by atoms with Gasteiger partial charge in [-0.3, -0.25) is 4.79 Å². The van der Waals surface area contributed by atoms with E-state index in [9.17, 15) is 4.79 Å². The molecule has 3 nitrogen and oxygen atoms in total. The van der Waals surface area contributed by atoms with E-state index in [-0.39, 0.29) is 11.6 Å². The second-order valence-electron chi connectivity index (χ2n) is 4.11. The molecule has 82 valence electrons. The molecule has 0 bridgehead atoms.